The molecule has 0 amide bonds. The molecule has 1 aromatic rings. The average Bonchev–Trinajstić information content (AvgIpc) is 2.29. The van der Waals surface area contributed by atoms with Gasteiger partial charge >= 0.3 is 0 Å². The molecule has 0 atom stereocenters. The van der Waals surface area contributed by atoms with Crippen LogP contribution in [0.15, 0.2) is 39.4 Å². The van der Waals surface area contributed by atoms with E-state index < -0.39 is 10.0 Å². The van der Waals surface area contributed by atoms with Crippen molar-refractivity contribution in [3.63, 3.8) is 0 Å². The summed E-state index contributed by atoms with van der Waals surface area (Å²) in [7, 11) is 1.90. The minimum absolute atomic E-state index is 0.233. The molecule has 0 aromatic heterocycles. The van der Waals surface area contributed by atoms with E-state index in [4.69, 9.17) is 0 Å². The first-order valence-corrected chi connectivity index (χ1v) is 6.98. The van der Waals surface area contributed by atoms with Gasteiger partial charge in [-0.15, -0.1) is 0 Å². The van der Waals surface area contributed by atoms with Crippen LogP contribution in [0.2, 0.25) is 0 Å². The third kappa shape index (κ3) is 4.52. The normalized spacial score (nSPS) is 12.4. The van der Waals surface area contributed by atoms with Crippen molar-refractivity contribution >= 4 is 15.7 Å². The Bertz CT molecular complexity index is 494. The minimum Gasteiger partial charge on any atom is -0.308 e. The van der Waals surface area contributed by atoms with E-state index in [0.717, 1.165) is 0 Å². The van der Waals surface area contributed by atoms with Crippen LogP contribution in [0, 0.1) is 0 Å². The van der Waals surface area contributed by atoms with Crippen LogP contribution in [0.5, 0.6) is 0 Å². The molecule has 0 saturated heterocycles. The number of likely N-dealkylation sites (N-methyl/N-ethyl adjacent to an activating group) is 1. The zero-order chi connectivity index (χ0) is 13.6. The Morgan fingerprint density at radius 3 is 2.33 bits per heavy atom. The predicted molar refractivity (Wildman–Crippen MR) is 70.6 cm³/mol. The van der Waals surface area contributed by atoms with E-state index in [1.54, 1.807) is 19.2 Å². The summed E-state index contributed by atoms with van der Waals surface area (Å²) in [4.78, 5) is 2.14. The second-order valence-electron chi connectivity index (χ2n) is 3.99. The first kappa shape index (κ1) is 14.7. The maximum Gasteiger partial charge on any atom is 0.240 e. The number of nitrogens with zero attached hydrogens (tertiary/aromatic N) is 3. The van der Waals surface area contributed by atoms with Crippen LogP contribution < -0.4 is 4.72 Å². The molecule has 7 heteroatoms. The molecular formula is C11H18N4O2S. The molecule has 100 valence electrons. The summed E-state index contributed by atoms with van der Waals surface area (Å²) in [6.07, 6.45) is 0. The molecule has 1 rings (SSSR count). The lowest BCUT2D eigenvalue weighted by atomic mass is 10.3. The van der Waals surface area contributed by atoms with Crippen molar-refractivity contribution in [2.45, 2.75) is 4.90 Å². The summed E-state index contributed by atoms with van der Waals surface area (Å²) < 4.78 is 26.3. The minimum atomic E-state index is -3.44. The lowest BCUT2D eigenvalue weighted by Crippen LogP contribution is -2.31. The number of hydrogen-bond donors (Lipinski definition) is 1. The van der Waals surface area contributed by atoms with Crippen molar-refractivity contribution < 1.29 is 8.42 Å². The maximum atomic E-state index is 11.9. The summed E-state index contributed by atoms with van der Waals surface area (Å²) in [6, 6.07) is 6.27. The summed E-state index contributed by atoms with van der Waals surface area (Å²) in [6.45, 7) is 1.03. The predicted octanol–water partition coefficient (Wildman–Crippen LogP) is 1.24. The topological polar surface area (TPSA) is 74.1 Å². The molecule has 0 fully saturated rings. The van der Waals surface area contributed by atoms with Crippen molar-refractivity contribution in [3.8, 4) is 0 Å². The van der Waals surface area contributed by atoms with Gasteiger partial charge in [-0.25, -0.2) is 13.1 Å². The van der Waals surface area contributed by atoms with E-state index in [1.165, 1.54) is 12.1 Å². The van der Waals surface area contributed by atoms with Crippen molar-refractivity contribution in [2.75, 3.05) is 34.2 Å². The second kappa shape index (κ2) is 6.58. The number of benzene rings is 1. The summed E-state index contributed by atoms with van der Waals surface area (Å²) in [5.41, 5.74) is 0.629. The molecule has 6 nitrogen and oxygen atoms in total. The Labute approximate surface area is 108 Å². The molecule has 0 heterocycles. The Morgan fingerprint density at radius 1 is 1.22 bits per heavy atom. The molecule has 0 aliphatic rings. The van der Waals surface area contributed by atoms with E-state index in [0.29, 0.717) is 18.8 Å². The van der Waals surface area contributed by atoms with Crippen LogP contribution in [0.3, 0.4) is 0 Å². The Kier molecular flexibility index (Phi) is 5.39. The van der Waals surface area contributed by atoms with Gasteiger partial charge in [-0.3, -0.25) is 0 Å². The Morgan fingerprint density at radius 2 is 1.83 bits per heavy atom. The van der Waals surface area contributed by atoms with Gasteiger partial charge in [0.1, 0.15) is 0 Å². The van der Waals surface area contributed by atoms with Gasteiger partial charge < -0.3 is 4.90 Å². The third-order valence-corrected chi connectivity index (χ3v) is 3.69. The van der Waals surface area contributed by atoms with E-state index >= 15 is 0 Å². The van der Waals surface area contributed by atoms with Gasteiger partial charge in [0.15, 0.2) is 0 Å². The van der Waals surface area contributed by atoms with Crippen molar-refractivity contribution in [1.29, 1.82) is 0 Å². The molecule has 0 aliphatic heterocycles. The number of sulfonamides is 1. The first-order valence-electron chi connectivity index (χ1n) is 5.50. The van der Waals surface area contributed by atoms with Crippen molar-refractivity contribution in [1.82, 2.24) is 9.62 Å². The van der Waals surface area contributed by atoms with Crippen molar-refractivity contribution in [3.05, 3.63) is 24.3 Å². The highest BCUT2D eigenvalue weighted by atomic mass is 32.2. The van der Waals surface area contributed by atoms with Crippen LogP contribution in [0.4, 0.5) is 5.69 Å². The highest BCUT2D eigenvalue weighted by Gasteiger charge is 2.12. The first-order chi connectivity index (χ1) is 8.45. The molecule has 0 saturated carbocycles. The van der Waals surface area contributed by atoms with Gasteiger partial charge in [-0.05, 0) is 38.4 Å². The number of hydrogen-bond acceptors (Lipinski definition) is 5. The number of rotatable bonds is 6. The van der Waals surface area contributed by atoms with Gasteiger partial charge in [0, 0.05) is 20.1 Å². The van der Waals surface area contributed by atoms with E-state index in [-0.39, 0.29) is 4.90 Å². The quantitative estimate of drug-likeness (QED) is 0.790. The lowest BCUT2D eigenvalue weighted by molar-refractivity contribution is 0.412. The second-order valence-corrected chi connectivity index (χ2v) is 5.76. The largest absolute Gasteiger partial charge is 0.308 e. The Hall–Kier alpha value is -1.31. The van der Waals surface area contributed by atoms with Gasteiger partial charge in [0.2, 0.25) is 10.0 Å². The van der Waals surface area contributed by atoms with Gasteiger partial charge in [-0.2, -0.15) is 10.2 Å². The fourth-order valence-corrected chi connectivity index (χ4v) is 2.32. The van der Waals surface area contributed by atoms with Gasteiger partial charge in [-0.1, -0.05) is 0 Å². The molecule has 1 aromatic carbocycles. The zero-order valence-electron chi connectivity index (χ0n) is 10.8. The third-order valence-electron chi connectivity index (χ3n) is 2.21. The number of nitrogens with one attached hydrogen (secondary N) is 1. The summed E-state index contributed by atoms with van der Waals surface area (Å²) >= 11 is 0. The number of azo groups is 1. The molecule has 0 radical (unpaired) electrons. The molecule has 0 bridgehead atoms. The van der Waals surface area contributed by atoms with Crippen LogP contribution in [0.25, 0.3) is 0 Å². The van der Waals surface area contributed by atoms with E-state index in [9.17, 15) is 8.42 Å². The zero-order valence-corrected chi connectivity index (χ0v) is 11.6. The van der Waals surface area contributed by atoms with E-state index in [1.807, 2.05) is 19.0 Å². The average molecular weight is 270 g/mol. The van der Waals surface area contributed by atoms with Crippen LogP contribution >= 0.6 is 0 Å². The highest BCUT2D eigenvalue weighted by molar-refractivity contribution is 7.89. The molecule has 1 N–H and O–H groups in total. The monoisotopic (exact) mass is 270 g/mol. The highest BCUT2D eigenvalue weighted by Crippen LogP contribution is 2.16. The lowest BCUT2D eigenvalue weighted by Gasteiger charge is -2.10. The fourth-order valence-electron chi connectivity index (χ4n) is 1.29. The molecule has 18 heavy (non-hydrogen) atoms. The standard InChI is InChI=1S/C11H18N4O2S/c1-12-14-10-4-6-11(7-5-10)18(16,17)13-8-9-15(2)3/h4-7,13H,8-9H2,1-3H3. The smallest absolute Gasteiger partial charge is 0.240 e. The van der Waals surface area contributed by atoms with Crippen molar-refractivity contribution in [2.24, 2.45) is 10.2 Å². The maximum absolute atomic E-state index is 11.9. The van der Waals surface area contributed by atoms with Gasteiger partial charge in [0.05, 0.1) is 10.6 Å². The molecule has 0 unspecified atom stereocenters. The molecule has 0 aliphatic carbocycles. The summed E-state index contributed by atoms with van der Waals surface area (Å²) in [5.74, 6) is 0. The molecule has 0 spiro atoms. The van der Waals surface area contributed by atoms with Gasteiger partial charge in [0.25, 0.3) is 0 Å². The van der Waals surface area contributed by atoms with Crippen LogP contribution in [-0.2, 0) is 10.0 Å². The Balaban J connectivity index is 2.73. The summed E-state index contributed by atoms with van der Waals surface area (Å²) in [5, 5.41) is 7.44. The molecular weight excluding hydrogens is 252 g/mol. The SMILES string of the molecule is CN=Nc1ccc(S(=O)(=O)NCCN(C)C)cc1. The van der Waals surface area contributed by atoms with Crippen LogP contribution in [0.1, 0.15) is 0 Å². The van der Waals surface area contributed by atoms with Crippen LogP contribution in [-0.4, -0.2) is 47.6 Å². The van der Waals surface area contributed by atoms with E-state index in [2.05, 4.69) is 15.0 Å². The fraction of sp³-hybridized carbons (Fsp3) is 0.455.